The molecule has 0 amide bonds. The van der Waals surface area contributed by atoms with Crippen molar-refractivity contribution in [1.29, 1.82) is 0 Å². The third kappa shape index (κ3) is 3.05. The Labute approximate surface area is 138 Å². The number of phenolic OH excluding ortho intramolecular Hbond substituents is 1. The SMILES string of the molecule is CCCCc1cc(-c2cc3ccccc3s2)cc([N+](=O)[O-])c1O. The Kier molecular flexibility index (Phi) is 4.30. The quantitative estimate of drug-likeness (QED) is 0.495. The maximum absolute atomic E-state index is 11.3. The van der Waals surface area contributed by atoms with Gasteiger partial charge in [0.15, 0.2) is 5.75 Å². The molecular formula is C18H17NO3S. The van der Waals surface area contributed by atoms with Crippen molar-refractivity contribution in [1.82, 2.24) is 0 Å². The first-order chi connectivity index (χ1) is 11.1. The van der Waals surface area contributed by atoms with Crippen LogP contribution in [0.15, 0.2) is 42.5 Å². The molecule has 0 aliphatic heterocycles. The topological polar surface area (TPSA) is 63.4 Å². The molecule has 23 heavy (non-hydrogen) atoms. The highest BCUT2D eigenvalue weighted by molar-refractivity contribution is 7.22. The molecule has 1 heterocycles. The van der Waals surface area contributed by atoms with Gasteiger partial charge in [0.2, 0.25) is 0 Å². The predicted molar refractivity (Wildman–Crippen MR) is 94.2 cm³/mol. The Morgan fingerprint density at radius 2 is 2.00 bits per heavy atom. The van der Waals surface area contributed by atoms with Crippen LogP contribution in [0.1, 0.15) is 25.3 Å². The normalized spacial score (nSPS) is 11.0. The first kappa shape index (κ1) is 15.5. The van der Waals surface area contributed by atoms with Crippen molar-refractivity contribution in [3.8, 4) is 16.2 Å². The lowest BCUT2D eigenvalue weighted by atomic mass is 10.0. The summed E-state index contributed by atoms with van der Waals surface area (Å²) in [6.07, 6.45) is 2.50. The van der Waals surface area contributed by atoms with E-state index in [1.165, 1.54) is 6.07 Å². The first-order valence-electron chi connectivity index (χ1n) is 7.59. The van der Waals surface area contributed by atoms with Gasteiger partial charge < -0.3 is 5.11 Å². The molecule has 2 aromatic carbocycles. The average molecular weight is 327 g/mol. The van der Waals surface area contributed by atoms with Crippen LogP contribution in [-0.2, 0) is 6.42 Å². The van der Waals surface area contributed by atoms with Gasteiger partial charge in [-0.05, 0) is 42.0 Å². The summed E-state index contributed by atoms with van der Waals surface area (Å²) in [5, 5.41) is 22.5. The van der Waals surface area contributed by atoms with Crippen molar-refractivity contribution in [3.05, 3.63) is 58.1 Å². The lowest BCUT2D eigenvalue weighted by Crippen LogP contribution is -1.94. The van der Waals surface area contributed by atoms with E-state index in [1.54, 1.807) is 11.3 Å². The molecule has 5 heteroatoms. The van der Waals surface area contributed by atoms with Crippen LogP contribution >= 0.6 is 11.3 Å². The summed E-state index contributed by atoms with van der Waals surface area (Å²) in [5.74, 6) is -0.201. The molecule has 0 fully saturated rings. The molecule has 0 saturated heterocycles. The lowest BCUT2D eigenvalue weighted by molar-refractivity contribution is -0.385. The summed E-state index contributed by atoms with van der Waals surface area (Å²) in [7, 11) is 0. The van der Waals surface area contributed by atoms with Crippen LogP contribution in [0.4, 0.5) is 5.69 Å². The lowest BCUT2D eigenvalue weighted by Gasteiger charge is -2.07. The summed E-state index contributed by atoms with van der Waals surface area (Å²) in [5.41, 5.74) is 1.22. The molecule has 0 saturated carbocycles. The fourth-order valence-corrected chi connectivity index (χ4v) is 3.69. The number of unbranched alkanes of at least 4 members (excludes halogenated alkanes) is 1. The van der Waals surface area contributed by atoms with Gasteiger partial charge in [0, 0.05) is 21.2 Å². The number of nitrogens with zero attached hydrogens (tertiary/aromatic N) is 1. The molecule has 0 radical (unpaired) electrons. The maximum Gasteiger partial charge on any atom is 0.311 e. The number of hydrogen-bond acceptors (Lipinski definition) is 4. The zero-order valence-corrected chi connectivity index (χ0v) is 13.6. The highest BCUT2D eigenvalue weighted by Gasteiger charge is 2.20. The number of fused-ring (bicyclic) bond motifs is 1. The largest absolute Gasteiger partial charge is 0.502 e. The molecular weight excluding hydrogens is 310 g/mol. The minimum absolute atomic E-state index is 0.201. The van der Waals surface area contributed by atoms with Gasteiger partial charge in [0.1, 0.15) is 0 Å². The zero-order valence-electron chi connectivity index (χ0n) is 12.8. The second-order valence-electron chi connectivity index (χ2n) is 5.51. The van der Waals surface area contributed by atoms with Gasteiger partial charge in [0.05, 0.1) is 4.92 Å². The summed E-state index contributed by atoms with van der Waals surface area (Å²) < 4.78 is 1.15. The van der Waals surface area contributed by atoms with Crippen LogP contribution in [0.2, 0.25) is 0 Å². The molecule has 1 aromatic heterocycles. The number of thiophene rings is 1. The Hall–Kier alpha value is -2.40. The number of phenols is 1. The van der Waals surface area contributed by atoms with E-state index in [-0.39, 0.29) is 11.4 Å². The zero-order chi connectivity index (χ0) is 16.4. The molecule has 0 unspecified atom stereocenters. The monoisotopic (exact) mass is 327 g/mol. The van der Waals surface area contributed by atoms with Crippen LogP contribution < -0.4 is 0 Å². The molecule has 1 N–H and O–H groups in total. The van der Waals surface area contributed by atoms with Crippen molar-refractivity contribution in [3.63, 3.8) is 0 Å². The molecule has 0 bridgehead atoms. The predicted octanol–water partition coefficient (Wildman–Crippen LogP) is 5.52. The number of benzene rings is 2. The molecule has 118 valence electrons. The van der Waals surface area contributed by atoms with Crippen molar-refractivity contribution in [2.24, 2.45) is 0 Å². The van der Waals surface area contributed by atoms with Crippen LogP contribution in [0.25, 0.3) is 20.5 Å². The van der Waals surface area contributed by atoms with E-state index < -0.39 is 4.92 Å². The van der Waals surface area contributed by atoms with Crippen molar-refractivity contribution in [2.75, 3.05) is 0 Å². The molecule has 3 rings (SSSR count). The smallest absolute Gasteiger partial charge is 0.311 e. The van der Waals surface area contributed by atoms with E-state index >= 15 is 0 Å². The fourth-order valence-electron chi connectivity index (χ4n) is 2.64. The minimum atomic E-state index is -0.512. The molecule has 4 nitrogen and oxygen atoms in total. The summed E-state index contributed by atoms with van der Waals surface area (Å²) in [6, 6.07) is 13.4. The van der Waals surface area contributed by atoms with Crippen LogP contribution in [0.5, 0.6) is 5.75 Å². The van der Waals surface area contributed by atoms with Gasteiger partial charge >= 0.3 is 5.69 Å². The summed E-state index contributed by atoms with van der Waals surface area (Å²) in [4.78, 5) is 11.7. The summed E-state index contributed by atoms with van der Waals surface area (Å²) in [6.45, 7) is 2.06. The Bertz CT molecular complexity index is 837. The third-order valence-corrected chi connectivity index (χ3v) is 5.04. The van der Waals surface area contributed by atoms with Crippen molar-refractivity contribution in [2.45, 2.75) is 26.2 Å². The van der Waals surface area contributed by atoms with Gasteiger partial charge in [-0.3, -0.25) is 10.1 Å². The Morgan fingerprint density at radius 3 is 2.70 bits per heavy atom. The molecule has 0 aliphatic rings. The number of nitro groups is 1. The van der Waals surface area contributed by atoms with Crippen molar-refractivity contribution < 1.29 is 10.0 Å². The summed E-state index contributed by atoms with van der Waals surface area (Å²) >= 11 is 1.60. The standard InChI is InChI=1S/C18H17NO3S/c1-2-3-6-13-9-14(10-15(18(13)20)19(21)22)17-11-12-7-4-5-8-16(12)23-17/h4-5,7-11,20H,2-3,6H2,1H3. The Balaban J connectivity index is 2.13. The van der Waals surface area contributed by atoms with Crippen LogP contribution in [0, 0.1) is 10.1 Å². The van der Waals surface area contributed by atoms with Gasteiger partial charge in [-0.2, -0.15) is 0 Å². The third-order valence-electron chi connectivity index (χ3n) is 3.88. The first-order valence-corrected chi connectivity index (χ1v) is 8.41. The van der Waals surface area contributed by atoms with E-state index in [4.69, 9.17) is 0 Å². The van der Waals surface area contributed by atoms with Gasteiger partial charge in [-0.25, -0.2) is 0 Å². The van der Waals surface area contributed by atoms with E-state index in [1.807, 2.05) is 36.4 Å². The number of hydrogen-bond donors (Lipinski definition) is 1. The molecule has 0 spiro atoms. The number of aryl methyl sites for hydroxylation is 1. The van der Waals surface area contributed by atoms with Crippen molar-refractivity contribution >= 4 is 27.1 Å². The van der Waals surface area contributed by atoms with Crippen LogP contribution in [-0.4, -0.2) is 10.0 Å². The number of rotatable bonds is 5. The van der Waals surface area contributed by atoms with E-state index in [0.717, 1.165) is 33.4 Å². The molecule has 0 atom stereocenters. The second kappa shape index (κ2) is 6.38. The highest BCUT2D eigenvalue weighted by atomic mass is 32.1. The number of nitro benzene ring substituents is 1. The van der Waals surface area contributed by atoms with Gasteiger partial charge in [0.25, 0.3) is 0 Å². The van der Waals surface area contributed by atoms with E-state index in [2.05, 4.69) is 6.92 Å². The Morgan fingerprint density at radius 1 is 1.22 bits per heavy atom. The van der Waals surface area contributed by atoms with Gasteiger partial charge in [-0.1, -0.05) is 31.5 Å². The van der Waals surface area contributed by atoms with E-state index in [9.17, 15) is 15.2 Å². The molecule has 0 aliphatic carbocycles. The van der Waals surface area contributed by atoms with Gasteiger partial charge in [-0.15, -0.1) is 11.3 Å². The number of aromatic hydroxyl groups is 1. The highest BCUT2D eigenvalue weighted by Crippen LogP contribution is 2.40. The second-order valence-corrected chi connectivity index (χ2v) is 6.60. The van der Waals surface area contributed by atoms with E-state index in [0.29, 0.717) is 12.0 Å². The average Bonchev–Trinajstić information content (AvgIpc) is 2.97. The minimum Gasteiger partial charge on any atom is -0.502 e. The maximum atomic E-state index is 11.3. The van der Waals surface area contributed by atoms with Crippen LogP contribution in [0.3, 0.4) is 0 Å². The fraction of sp³-hybridized carbons (Fsp3) is 0.222. The molecule has 3 aromatic rings.